The number of carbonyl (C=O) groups excluding carboxylic acids is 1. The molecule has 0 unspecified atom stereocenters. The Balaban J connectivity index is 2.15. The zero-order chi connectivity index (χ0) is 15.5. The van der Waals surface area contributed by atoms with Crippen LogP contribution in [-0.4, -0.2) is 17.9 Å². The molecule has 3 nitrogen and oxygen atoms in total. The number of para-hydroxylation sites is 1. The first kappa shape index (κ1) is 14.6. The Kier molecular flexibility index (Phi) is 4.11. The third-order valence-electron chi connectivity index (χ3n) is 3.51. The lowest BCUT2D eigenvalue weighted by molar-refractivity contribution is -0.115. The molecule has 110 valence electrons. The van der Waals surface area contributed by atoms with Crippen molar-refractivity contribution in [3.63, 3.8) is 0 Å². The SMILES string of the molecule is CC(=O)N1c2ccccc2C=Cc2ccc(SCC=N)cc21. The van der Waals surface area contributed by atoms with E-state index in [1.807, 2.05) is 54.6 Å². The van der Waals surface area contributed by atoms with Gasteiger partial charge < -0.3 is 5.41 Å². The Hall–Kier alpha value is -2.33. The van der Waals surface area contributed by atoms with Gasteiger partial charge in [-0.1, -0.05) is 36.4 Å². The van der Waals surface area contributed by atoms with Crippen molar-refractivity contribution in [2.45, 2.75) is 11.8 Å². The Morgan fingerprint density at radius 2 is 1.86 bits per heavy atom. The number of hydrogen-bond donors (Lipinski definition) is 1. The number of carbonyl (C=O) groups is 1. The minimum Gasteiger partial charge on any atom is -0.312 e. The van der Waals surface area contributed by atoms with Crippen LogP contribution in [0.1, 0.15) is 18.1 Å². The summed E-state index contributed by atoms with van der Waals surface area (Å²) in [5.74, 6) is 0.622. The predicted octanol–water partition coefficient (Wildman–Crippen LogP) is 4.60. The summed E-state index contributed by atoms with van der Waals surface area (Å²) in [5, 5.41) is 7.16. The van der Waals surface area contributed by atoms with E-state index in [0.29, 0.717) is 5.75 Å². The van der Waals surface area contributed by atoms with Gasteiger partial charge in [0.05, 0.1) is 11.4 Å². The average Bonchev–Trinajstić information content (AvgIpc) is 2.69. The molecular weight excluding hydrogens is 292 g/mol. The van der Waals surface area contributed by atoms with Gasteiger partial charge in [0, 0.05) is 23.8 Å². The van der Waals surface area contributed by atoms with Gasteiger partial charge in [-0.3, -0.25) is 9.69 Å². The molecular formula is C18H16N2OS. The fourth-order valence-electron chi connectivity index (χ4n) is 2.57. The molecule has 0 radical (unpaired) electrons. The van der Waals surface area contributed by atoms with E-state index in [9.17, 15) is 4.79 Å². The molecule has 1 heterocycles. The monoisotopic (exact) mass is 308 g/mol. The zero-order valence-corrected chi connectivity index (χ0v) is 13.1. The number of anilines is 2. The van der Waals surface area contributed by atoms with Crippen molar-refractivity contribution in [3.8, 4) is 0 Å². The Bertz CT molecular complexity index is 767. The number of hydrogen-bond acceptors (Lipinski definition) is 3. The van der Waals surface area contributed by atoms with Gasteiger partial charge in [0.1, 0.15) is 0 Å². The highest BCUT2D eigenvalue weighted by Gasteiger charge is 2.21. The van der Waals surface area contributed by atoms with Gasteiger partial charge in [0.15, 0.2) is 0 Å². The van der Waals surface area contributed by atoms with Gasteiger partial charge in [0.25, 0.3) is 0 Å². The molecule has 0 atom stereocenters. The summed E-state index contributed by atoms with van der Waals surface area (Å²) in [7, 11) is 0. The molecule has 1 amide bonds. The third kappa shape index (κ3) is 2.70. The Morgan fingerprint density at radius 1 is 1.14 bits per heavy atom. The van der Waals surface area contributed by atoms with Crippen molar-refractivity contribution in [1.29, 1.82) is 5.41 Å². The Labute approximate surface area is 134 Å². The number of fused-ring (bicyclic) bond motifs is 2. The molecule has 0 aromatic heterocycles. The minimum absolute atomic E-state index is 0.00777. The van der Waals surface area contributed by atoms with Gasteiger partial charge in [-0.15, -0.1) is 11.8 Å². The molecule has 1 aliphatic rings. The summed E-state index contributed by atoms with van der Waals surface area (Å²) < 4.78 is 0. The van der Waals surface area contributed by atoms with Crippen LogP contribution >= 0.6 is 11.8 Å². The summed E-state index contributed by atoms with van der Waals surface area (Å²) in [6.45, 7) is 1.59. The lowest BCUT2D eigenvalue weighted by Gasteiger charge is -2.24. The van der Waals surface area contributed by atoms with E-state index in [-0.39, 0.29) is 5.91 Å². The highest BCUT2D eigenvalue weighted by atomic mass is 32.2. The summed E-state index contributed by atoms with van der Waals surface area (Å²) in [6.07, 6.45) is 5.47. The molecule has 3 rings (SSSR count). The van der Waals surface area contributed by atoms with Crippen molar-refractivity contribution in [2.75, 3.05) is 10.7 Å². The molecule has 0 saturated heterocycles. The topological polar surface area (TPSA) is 44.2 Å². The molecule has 2 aromatic rings. The van der Waals surface area contributed by atoms with Gasteiger partial charge in [0.2, 0.25) is 5.91 Å². The van der Waals surface area contributed by atoms with Crippen molar-refractivity contribution in [3.05, 3.63) is 53.6 Å². The Morgan fingerprint density at radius 3 is 2.59 bits per heavy atom. The summed E-state index contributed by atoms with van der Waals surface area (Å²) >= 11 is 1.59. The van der Waals surface area contributed by atoms with Crippen molar-refractivity contribution >= 4 is 47.4 Å². The maximum Gasteiger partial charge on any atom is 0.228 e. The normalized spacial score (nSPS) is 12.3. The molecule has 0 spiro atoms. The van der Waals surface area contributed by atoms with Crippen LogP contribution in [0.25, 0.3) is 12.2 Å². The molecule has 1 N–H and O–H groups in total. The number of nitrogens with one attached hydrogen (secondary N) is 1. The molecule has 0 bridgehead atoms. The minimum atomic E-state index is -0.00777. The lowest BCUT2D eigenvalue weighted by atomic mass is 10.1. The highest BCUT2D eigenvalue weighted by Crippen LogP contribution is 2.38. The summed E-state index contributed by atoms with van der Waals surface area (Å²) in [5.41, 5.74) is 3.84. The number of nitrogens with zero attached hydrogens (tertiary/aromatic N) is 1. The van der Waals surface area contributed by atoms with Gasteiger partial charge >= 0.3 is 0 Å². The van der Waals surface area contributed by atoms with Crippen LogP contribution in [0.5, 0.6) is 0 Å². The summed E-state index contributed by atoms with van der Waals surface area (Å²) in [6, 6.07) is 14.0. The second kappa shape index (κ2) is 6.20. The van der Waals surface area contributed by atoms with Crippen LogP contribution in [0.2, 0.25) is 0 Å². The quantitative estimate of drug-likeness (QED) is 0.665. The van der Waals surface area contributed by atoms with Crippen LogP contribution < -0.4 is 4.90 Å². The van der Waals surface area contributed by atoms with Gasteiger partial charge in [-0.2, -0.15) is 0 Å². The molecule has 2 aromatic carbocycles. The zero-order valence-electron chi connectivity index (χ0n) is 12.2. The van der Waals surface area contributed by atoms with E-state index in [2.05, 4.69) is 0 Å². The molecule has 0 fully saturated rings. The number of thioether (sulfide) groups is 1. The standard InChI is InChI=1S/C18H16N2OS/c1-13(21)20-17-5-3-2-4-14(17)6-7-15-8-9-16(12-18(15)20)22-11-10-19/h2-10,12,19H,11H2,1H3. The second-order valence-electron chi connectivity index (χ2n) is 4.98. The first-order valence-electron chi connectivity index (χ1n) is 7.04. The van der Waals surface area contributed by atoms with Crippen LogP contribution in [0.15, 0.2) is 47.4 Å². The van der Waals surface area contributed by atoms with E-state index in [1.54, 1.807) is 23.6 Å². The van der Waals surface area contributed by atoms with E-state index in [4.69, 9.17) is 5.41 Å². The second-order valence-corrected chi connectivity index (χ2v) is 6.08. The smallest absolute Gasteiger partial charge is 0.228 e. The average molecular weight is 308 g/mol. The number of amides is 1. The fraction of sp³-hybridized carbons (Fsp3) is 0.111. The maximum absolute atomic E-state index is 12.3. The molecule has 0 saturated carbocycles. The molecule has 0 aliphatic carbocycles. The maximum atomic E-state index is 12.3. The van der Waals surface area contributed by atoms with Crippen molar-refractivity contribution in [2.24, 2.45) is 0 Å². The van der Waals surface area contributed by atoms with E-state index >= 15 is 0 Å². The van der Waals surface area contributed by atoms with Gasteiger partial charge in [-0.25, -0.2) is 0 Å². The van der Waals surface area contributed by atoms with Crippen LogP contribution in [-0.2, 0) is 4.79 Å². The first-order chi connectivity index (χ1) is 10.7. The van der Waals surface area contributed by atoms with Crippen LogP contribution in [0, 0.1) is 5.41 Å². The molecule has 1 aliphatic heterocycles. The largest absolute Gasteiger partial charge is 0.312 e. The van der Waals surface area contributed by atoms with Crippen molar-refractivity contribution in [1.82, 2.24) is 0 Å². The van der Waals surface area contributed by atoms with E-state index in [0.717, 1.165) is 27.4 Å². The van der Waals surface area contributed by atoms with E-state index < -0.39 is 0 Å². The summed E-state index contributed by atoms with van der Waals surface area (Å²) in [4.78, 5) is 15.1. The molecule has 4 heteroatoms. The number of benzene rings is 2. The highest BCUT2D eigenvalue weighted by molar-refractivity contribution is 7.99. The van der Waals surface area contributed by atoms with Crippen molar-refractivity contribution < 1.29 is 4.79 Å². The predicted molar refractivity (Wildman–Crippen MR) is 94.1 cm³/mol. The van der Waals surface area contributed by atoms with Crippen LogP contribution in [0.4, 0.5) is 11.4 Å². The van der Waals surface area contributed by atoms with Crippen LogP contribution in [0.3, 0.4) is 0 Å². The number of rotatable bonds is 3. The van der Waals surface area contributed by atoms with Gasteiger partial charge in [-0.05, 0) is 29.3 Å². The first-order valence-corrected chi connectivity index (χ1v) is 8.03. The fourth-order valence-corrected chi connectivity index (χ4v) is 3.20. The van der Waals surface area contributed by atoms with E-state index in [1.165, 1.54) is 6.21 Å². The lowest BCUT2D eigenvalue weighted by Crippen LogP contribution is -2.23. The molecule has 22 heavy (non-hydrogen) atoms. The third-order valence-corrected chi connectivity index (χ3v) is 4.43.